The van der Waals surface area contributed by atoms with Crippen LogP contribution in [0.15, 0.2) is 30.5 Å². The average Bonchev–Trinajstić information content (AvgIpc) is 2.17. The topological polar surface area (TPSA) is 50.2 Å². The Bertz CT molecular complexity index is 510. The molecule has 0 fully saturated rings. The molecule has 0 amide bonds. The molecule has 1 heterocycles. The lowest BCUT2D eigenvalue weighted by Gasteiger charge is -2.01. The first-order valence-electron chi connectivity index (χ1n) is 3.96. The van der Waals surface area contributed by atoms with Crippen molar-refractivity contribution in [2.75, 3.05) is 0 Å². The molecule has 2 rings (SSSR count). The lowest BCUT2D eigenvalue weighted by molar-refractivity contribution is 0.0699. The molecule has 70 valence electrons. The monoisotopic (exact) mass is 191 g/mol. The lowest BCUT2D eigenvalue weighted by atomic mass is 10.1. The Morgan fingerprint density at radius 3 is 2.86 bits per heavy atom. The van der Waals surface area contributed by atoms with E-state index in [2.05, 4.69) is 4.98 Å². The molecule has 0 atom stereocenters. The van der Waals surface area contributed by atoms with Gasteiger partial charge in [0, 0.05) is 11.6 Å². The number of fused-ring (bicyclic) bond motifs is 1. The van der Waals surface area contributed by atoms with Gasteiger partial charge in [-0.15, -0.1) is 0 Å². The third-order valence-corrected chi connectivity index (χ3v) is 1.95. The van der Waals surface area contributed by atoms with Crippen LogP contribution in [0.25, 0.3) is 10.9 Å². The van der Waals surface area contributed by atoms with Crippen LogP contribution in [0, 0.1) is 5.82 Å². The Balaban J connectivity index is 2.88. The highest BCUT2D eigenvalue weighted by Gasteiger charge is 2.10. The highest BCUT2D eigenvalue weighted by Crippen LogP contribution is 2.18. The predicted molar refractivity (Wildman–Crippen MR) is 48.7 cm³/mol. The van der Waals surface area contributed by atoms with E-state index in [1.807, 2.05) is 0 Å². The molecule has 0 aliphatic carbocycles. The number of aromatic nitrogens is 1. The van der Waals surface area contributed by atoms with E-state index in [9.17, 15) is 9.18 Å². The van der Waals surface area contributed by atoms with E-state index in [0.29, 0.717) is 5.39 Å². The summed E-state index contributed by atoms with van der Waals surface area (Å²) in [6, 6.07) is 5.60. The third kappa shape index (κ3) is 1.21. The number of rotatable bonds is 1. The number of hydrogen-bond donors (Lipinski definition) is 1. The van der Waals surface area contributed by atoms with E-state index in [1.54, 1.807) is 0 Å². The maximum Gasteiger partial charge on any atom is 0.336 e. The smallest absolute Gasteiger partial charge is 0.336 e. The number of para-hydroxylation sites is 1. The van der Waals surface area contributed by atoms with Crippen LogP contribution in [0.5, 0.6) is 0 Å². The quantitative estimate of drug-likeness (QED) is 0.750. The fraction of sp³-hybridized carbons (Fsp3) is 0. The molecule has 4 heteroatoms. The van der Waals surface area contributed by atoms with E-state index in [4.69, 9.17) is 5.11 Å². The fourth-order valence-electron chi connectivity index (χ4n) is 1.33. The Kier molecular flexibility index (Phi) is 1.89. The van der Waals surface area contributed by atoms with Gasteiger partial charge in [-0.05, 0) is 12.1 Å². The normalized spacial score (nSPS) is 10.4. The van der Waals surface area contributed by atoms with Crippen LogP contribution in [0.3, 0.4) is 0 Å². The van der Waals surface area contributed by atoms with Gasteiger partial charge in [-0.1, -0.05) is 12.1 Å². The largest absolute Gasteiger partial charge is 0.478 e. The Morgan fingerprint density at radius 1 is 1.36 bits per heavy atom. The fourth-order valence-corrected chi connectivity index (χ4v) is 1.33. The van der Waals surface area contributed by atoms with Crippen LogP contribution >= 0.6 is 0 Å². The van der Waals surface area contributed by atoms with Gasteiger partial charge in [0.05, 0.1) is 5.56 Å². The summed E-state index contributed by atoms with van der Waals surface area (Å²) in [6.45, 7) is 0. The molecule has 1 aromatic carbocycles. The summed E-state index contributed by atoms with van der Waals surface area (Å²) < 4.78 is 13.2. The number of carboxylic acid groups (broad SMARTS) is 1. The number of hydrogen-bond acceptors (Lipinski definition) is 2. The first-order chi connectivity index (χ1) is 6.70. The molecule has 0 aliphatic heterocycles. The minimum absolute atomic E-state index is 0.0644. The van der Waals surface area contributed by atoms with Crippen LogP contribution < -0.4 is 0 Å². The second-order valence-corrected chi connectivity index (χ2v) is 2.80. The summed E-state index contributed by atoms with van der Waals surface area (Å²) in [5, 5.41) is 9.14. The highest BCUT2D eigenvalue weighted by atomic mass is 19.1. The van der Waals surface area contributed by atoms with Crippen LogP contribution in [0.1, 0.15) is 10.4 Å². The van der Waals surface area contributed by atoms with Crippen molar-refractivity contribution >= 4 is 16.9 Å². The summed E-state index contributed by atoms with van der Waals surface area (Å²) >= 11 is 0. The van der Waals surface area contributed by atoms with E-state index in [1.165, 1.54) is 30.5 Å². The molecule has 0 bridgehead atoms. The molecule has 14 heavy (non-hydrogen) atoms. The van der Waals surface area contributed by atoms with Gasteiger partial charge < -0.3 is 5.11 Å². The zero-order valence-electron chi connectivity index (χ0n) is 7.07. The molecule has 0 saturated heterocycles. The van der Waals surface area contributed by atoms with Gasteiger partial charge >= 0.3 is 5.97 Å². The van der Waals surface area contributed by atoms with E-state index >= 15 is 0 Å². The molecule has 2 aromatic rings. The minimum atomic E-state index is -1.08. The molecular weight excluding hydrogens is 185 g/mol. The van der Waals surface area contributed by atoms with Crippen LogP contribution in [0.4, 0.5) is 4.39 Å². The van der Waals surface area contributed by atoms with Crippen molar-refractivity contribution in [3.63, 3.8) is 0 Å². The molecule has 3 nitrogen and oxygen atoms in total. The molecule has 0 radical (unpaired) electrons. The van der Waals surface area contributed by atoms with Gasteiger partial charge in [-0.2, -0.15) is 0 Å². The summed E-state index contributed by atoms with van der Waals surface area (Å²) in [5.74, 6) is -1.59. The summed E-state index contributed by atoms with van der Waals surface area (Å²) in [7, 11) is 0. The first kappa shape index (κ1) is 8.62. The molecule has 0 saturated carbocycles. The maximum absolute atomic E-state index is 13.2. The van der Waals surface area contributed by atoms with Gasteiger partial charge in [-0.3, -0.25) is 4.98 Å². The van der Waals surface area contributed by atoms with Crippen molar-refractivity contribution in [2.24, 2.45) is 0 Å². The number of carboxylic acids is 1. The lowest BCUT2D eigenvalue weighted by Crippen LogP contribution is -1.98. The maximum atomic E-state index is 13.2. The number of nitrogens with zero attached hydrogens (tertiary/aromatic N) is 1. The van der Waals surface area contributed by atoms with Crippen LogP contribution in [-0.4, -0.2) is 16.1 Å². The summed E-state index contributed by atoms with van der Waals surface area (Å²) in [5.41, 5.74) is 0.155. The van der Waals surface area contributed by atoms with Gasteiger partial charge in [0.1, 0.15) is 11.3 Å². The number of benzene rings is 1. The van der Waals surface area contributed by atoms with Crippen molar-refractivity contribution in [1.82, 2.24) is 4.98 Å². The van der Waals surface area contributed by atoms with Crippen LogP contribution in [0.2, 0.25) is 0 Å². The SMILES string of the molecule is O=C(O)c1ccnc2c(F)cccc12. The molecule has 0 unspecified atom stereocenters. The molecule has 1 N–H and O–H groups in total. The van der Waals surface area contributed by atoms with Crippen molar-refractivity contribution < 1.29 is 14.3 Å². The highest BCUT2D eigenvalue weighted by molar-refractivity contribution is 6.02. The molecular formula is C10H6FNO2. The Hall–Kier alpha value is -1.97. The van der Waals surface area contributed by atoms with Gasteiger partial charge in [0.15, 0.2) is 0 Å². The molecule has 1 aromatic heterocycles. The van der Waals surface area contributed by atoms with Crippen molar-refractivity contribution in [1.29, 1.82) is 0 Å². The van der Waals surface area contributed by atoms with E-state index in [0.717, 1.165) is 0 Å². The third-order valence-electron chi connectivity index (χ3n) is 1.95. The standard InChI is InChI=1S/C10H6FNO2/c11-8-3-1-2-6-7(10(13)14)4-5-12-9(6)8/h1-5H,(H,13,14). The van der Waals surface area contributed by atoms with Crippen LogP contribution in [-0.2, 0) is 0 Å². The summed E-state index contributed by atoms with van der Waals surface area (Å²) in [6.07, 6.45) is 1.29. The molecule has 0 aliphatic rings. The van der Waals surface area contributed by atoms with Gasteiger partial charge in [0.25, 0.3) is 0 Å². The Morgan fingerprint density at radius 2 is 2.14 bits per heavy atom. The zero-order chi connectivity index (χ0) is 10.1. The summed E-state index contributed by atoms with van der Waals surface area (Å²) in [4.78, 5) is 14.6. The second-order valence-electron chi connectivity index (χ2n) is 2.80. The van der Waals surface area contributed by atoms with E-state index < -0.39 is 11.8 Å². The number of pyridine rings is 1. The predicted octanol–water partition coefficient (Wildman–Crippen LogP) is 2.07. The van der Waals surface area contributed by atoms with Crippen molar-refractivity contribution in [3.05, 3.63) is 41.8 Å². The van der Waals surface area contributed by atoms with Crippen molar-refractivity contribution in [2.45, 2.75) is 0 Å². The number of halogens is 1. The van der Waals surface area contributed by atoms with Gasteiger partial charge in [-0.25, -0.2) is 9.18 Å². The van der Waals surface area contributed by atoms with Crippen molar-refractivity contribution in [3.8, 4) is 0 Å². The zero-order valence-corrected chi connectivity index (χ0v) is 7.07. The number of carbonyl (C=O) groups is 1. The average molecular weight is 191 g/mol. The molecule has 0 spiro atoms. The second kappa shape index (κ2) is 3.06. The number of aromatic carboxylic acids is 1. The first-order valence-corrected chi connectivity index (χ1v) is 3.96. The van der Waals surface area contributed by atoms with E-state index in [-0.39, 0.29) is 11.1 Å². The van der Waals surface area contributed by atoms with Gasteiger partial charge in [0.2, 0.25) is 0 Å². The Labute approximate surface area is 78.8 Å². The minimum Gasteiger partial charge on any atom is -0.478 e.